The van der Waals surface area contributed by atoms with Crippen molar-refractivity contribution in [3.05, 3.63) is 54.0 Å². The second-order valence-corrected chi connectivity index (χ2v) is 10.4. The third-order valence-electron chi connectivity index (χ3n) is 6.21. The van der Waals surface area contributed by atoms with E-state index < -0.39 is 75.1 Å². The molecule has 0 saturated heterocycles. The number of hydrogen-bond donors (Lipinski definition) is 10. The highest BCUT2D eigenvalue weighted by Crippen LogP contribution is 2.21. The fraction of sp³-hybridized carbons (Fsp3) is 0.577. The van der Waals surface area contributed by atoms with E-state index in [0.717, 1.165) is 17.3 Å². The molecule has 1 aromatic heterocycles. The minimum absolute atomic E-state index is 0. The first-order valence-corrected chi connectivity index (χ1v) is 13.8. The van der Waals surface area contributed by atoms with Crippen molar-refractivity contribution >= 4 is 29.3 Å². The maximum absolute atomic E-state index is 12.1. The topological polar surface area (TPSA) is 245 Å². The summed E-state index contributed by atoms with van der Waals surface area (Å²) in [5, 5.41) is 97.9. The lowest BCUT2D eigenvalue weighted by Crippen LogP contribution is -2.53. The maximum atomic E-state index is 12.1. The summed E-state index contributed by atoms with van der Waals surface area (Å²) in [4.78, 5) is 13.5. The van der Waals surface area contributed by atoms with Crippen LogP contribution in [0.5, 0.6) is 5.75 Å². The SMILES string of the molecule is Cl.O=C(SCc1cccc(OCCN(C[C@H](O)[C@@H](O)[C@H](O)[C@H](O)CO)C[C@H](O)[C@@H](O)[C@H](O)[C@H](O)CO)c1)c1ccco1. The number of thioether (sulfide) groups is 1. The zero-order valence-corrected chi connectivity index (χ0v) is 24.2. The van der Waals surface area contributed by atoms with E-state index in [1.54, 1.807) is 36.4 Å². The Morgan fingerprint density at radius 3 is 1.86 bits per heavy atom. The monoisotopic (exact) mass is 641 g/mol. The predicted octanol–water partition coefficient (Wildman–Crippen LogP) is -2.67. The second kappa shape index (κ2) is 19.4. The van der Waals surface area contributed by atoms with Crippen LogP contribution in [0.15, 0.2) is 47.1 Å². The van der Waals surface area contributed by atoms with Crippen LogP contribution >= 0.6 is 24.2 Å². The third-order valence-corrected chi connectivity index (χ3v) is 7.15. The number of halogens is 1. The van der Waals surface area contributed by atoms with E-state index in [1.165, 1.54) is 11.2 Å². The predicted molar refractivity (Wildman–Crippen MR) is 152 cm³/mol. The Morgan fingerprint density at radius 2 is 1.36 bits per heavy atom. The van der Waals surface area contributed by atoms with Crippen molar-refractivity contribution in [2.24, 2.45) is 0 Å². The molecule has 1 heterocycles. The molecular weight excluding hydrogens is 602 g/mol. The molecule has 0 aliphatic heterocycles. The number of ether oxygens (including phenoxy) is 1. The lowest BCUT2D eigenvalue weighted by Gasteiger charge is -2.33. The molecule has 8 atom stereocenters. The molecule has 0 radical (unpaired) electrons. The standard InChI is InChI=1S/C26H39NO13S.ClH/c28-12-19(32)24(36)22(34)17(30)10-27(11-18(31)23(35)25(37)20(33)13-29)6-8-39-16-4-1-3-15(9-16)14-41-26(38)21-5-2-7-40-21;/h1-5,7,9,17-20,22-25,28-37H,6,8,10-14H2;1H/t17-,18-,19+,20+,22+,23+,24+,25+;/m0./s1. The van der Waals surface area contributed by atoms with Crippen LogP contribution in [-0.2, 0) is 5.75 Å². The number of furan rings is 1. The number of carbonyl (C=O) groups is 1. The number of benzene rings is 1. The maximum Gasteiger partial charge on any atom is 0.254 e. The zero-order chi connectivity index (χ0) is 30.5. The van der Waals surface area contributed by atoms with Gasteiger partial charge in [-0.15, -0.1) is 12.4 Å². The molecule has 42 heavy (non-hydrogen) atoms. The van der Waals surface area contributed by atoms with Crippen molar-refractivity contribution in [3.8, 4) is 5.75 Å². The lowest BCUT2D eigenvalue weighted by molar-refractivity contribution is -0.130. The van der Waals surface area contributed by atoms with Crippen LogP contribution in [0.3, 0.4) is 0 Å². The normalized spacial score (nSPS) is 17.4. The molecule has 2 rings (SSSR count). The Labute approximate surface area is 252 Å². The molecule has 2 aromatic rings. The summed E-state index contributed by atoms with van der Waals surface area (Å²) < 4.78 is 10.8. The van der Waals surface area contributed by atoms with Gasteiger partial charge in [0.05, 0.1) is 31.7 Å². The van der Waals surface area contributed by atoms with Gasteiger partial charge in [-0.05, 0) is 29.8 Å². The fourth-order valence-corrected chi connectivity index (χ4v) is 4.50. The molecule has 0 spiro atoms. The molecule has 0 aliphatic carbocycles. The van der Waals surface area contributed by atoms with Crippen LogP contribution < -0.4 is 4.74 Å². The Morgan fingerprint density at radius 1 is 0.810 bits per heavy atom. The summed E-state index contributed by atoms with van der Waals surface area (Å²) in [5.74, 6) is 1.03. The van der Waals surface area contributed by atoms with Crippen LogP contribution in [0, 0.1) is 0 Å². The summed E-state index contributed by atoms with van der Waals surface area (Å²) in [6, 6.07) is 10.1. The van der Waals surface area contributed by atoms with Crippen molar-refractivity contribution in [2.75, 3.05) is 39.5 Å². The molecule has 1 aromatic carbocycles. The number of rotatable bonds is 19. The average Bonchev–Trinajstić information content (AvgIpc) is 3.53. The van der Waals surface area contributed by atoms with E-state index in [1.807, 2.05) is 0 Å². The van der Waals surface area contributed by atoms with Crippen LogP contribution in [0.2, 0.25) is 0 Å². The van der Waals surface area contributed by atoms with Gasteiger partial charge < -0.3 is 60.2 Å². The minimum Gasteiger partial charge on any atom is -0.492 e. The van der Waals surface area contributed by atoms with E-state index >= 15 is 0 Å². The van der Waals surface area contributed by atoms with Crippen molar-refractivity contribution in [1.82, 2.24) is 4.90 Å². The average molecular weight is 642 g/mol. The van der Waals surface area contributed by atoms with E-state index in [0.29, 0.717) is 11.5 Å². The quantitative estimate of drug-likeness (QED) is 0.0751. The van der Waals surface area contributed by atoms with Gasteiger partial charge in [-0.1, -0.05) is 23.9 Å². The number of aliphatic hydroxyl groups is 10. The molecular formula is C26H40ClNO13S. The number of nitrogens with zero attached hydrogens (tertiary/aromatic N) is 1. The number of hydrogen-bond acceptors (Lipinski definition) is 15. The van der Waals surface area contributed by atoms with Crippen LogP contribution in [0.1, 0.15) is 16.1 Å². The molecule has 0 aliphatic rings. The van der Waals surface area contributed by atoms with Crippen molar-refractivity contribution in [1.29, 1.82) is 0 Å². The molecule has 0 amide bonds. The largest absolute Gasteiger partial charge is 0.492 e. The molecule has 240 valence electrons. The summed E-state index contributed by atoms with van der Waals surface area (Å²) in [6.07, 6.45) is -12.9. The summed E-state index contributed by atoms with van der Waals surface area (Å²) in [7, 11) is 0. The Kier molecular flexibility index (Phi) is 17.7. The van der Waals surface area contributed by atoms with Crippen LogP contribution in [0.25, 0.3) is 0 Å². The van der Waals surface area contributed by atoms with Gasteiger partial charge in [0.15, 0.2) is 5.76 Å². The van der Waals surface area contributed by atoms with E-state index in [4.69, 9.17) is 19.4 Å². The molecule has 10 N–H and O–H groups in total. The molecule has 14 nitrogen and oxygen atoms in total. The first kappa shape index (κ1) is 38.2. The second-order valence-electron chi connectivity index (χ2n) is 9.41. The Hall–Kier alpha value is -1.83. The Bertz CT molecular complexity index is 990. The van der Waals surface area contributed by atoms with Gasteiger partial charge in [0.2, 0.25) is 0 Å². The molecule has 0 bridgehead atoms. The smallest absolute Gasteiger partial charge is 0.254 e. The first-order valence-electron chi connectivity index (χ1n) is 12.8. The molecule has 0 saturated carbocycles. The highest BCUT2D eigenvalue weighted by atomic mass is 35.5. The highest BCUT2D eigenvalue weighted by Gasteiger charge is 2.34. The van der Waals surface area contributed by atoms with Gasteiger partial charge >= 0.3 is 0 Å². The van der Waals surface area contributed by atoms with E-state index in [2.05, 4.69) is 0 Å². The van der Waals surface area contributed by atoms with E-state index in [9.17, 15) is 45.6 Å². The molecule has 0 fully saturated rings. The number of aliphatic hydroxyl groups excluding tert-OH is 10. The van der Waals surface area contributed by atoms with Crippen LogP contribution in [0.4, 0.5) is 0 Å². The van der Waals surface area contributed by atoms with Gasteiger partial charge in [-0.25, -0.2) is 0 Å². The van der Waals surface area contributed by atoms with Crippen molar-refractivity contribution in [3.63, 3.8) is 0 Å². The van der Waals surface area contributed by atoms with E-state index in [-0.39, 0.29) is 36.4 Å². The zero-order valence-electron chi connectivity index (χ0n) is 22.6. The first-order chi connectivity index (χ1) is 19.5. The van der Waals surface area contributed by atoms with Gasteiger partial charge in [0, 0.05) is 25.4 Å². The molecule has 16 heteroatoms. The molecule has 0 unspecified atom stereocenters. The summed E-state index contributed by atoms with van der Waals surface area (Å²) in [5.41, 5.74) is 0.786. The van der Waals surface area contributed by atoms with Gasteiger partial charge in [-0.2, -0.15) is 0 Å². The van der Waals surface area contributed by atoms with Gasteiger partial charge in [0.25, 0.3) is 5.12 Å². The summed E-state index contributed by atoms with van der Waals surface area (Å²) in [6.45, 7) is -2.60. The van der Waals surface area contributed by atoms with Crippen molar-refractivity contribution in [2.45, 2.75) is 54.6 Å². The van der Waals surface area contributed by atoms with Gasteiger partial charge in [0.1, 0.15) is 49.0 Å². The van der Waals surface area contributed by atoms with Crippen molar-refractivity contribution < 1.29 is 65.0 Å². The third kappa shape index (κ3) is 12.0. The fourth-order valence-electron chi connectivity index (χ4n) is 3.76. The highest BCUT2D eigenvalue weighted by molar-refractivity contribution is 8.13. The number of carbonyl (C=O) groups excluding carboxylic acids is 1. The Balaban J connectivity index is 0.00000882. The van der Waals surface area contributed by atoms with Gasteiger partial charge in [-0.3, -0.25) is 9.69 Å². The van der Waals surface area contributed by atoms with Crippen LogP contribution in [-0.4, -0.2) is 149 Å². The lowest BCUT2D eigenvalue weighted by atomic mass is 10.0. The minimum atomic E-state index is -1.89. The summed E-state index contributed by atoms with van der Waals surface area (Å²) >= 11 is 1.05.